The summed E-state index contributed by atoms with van der Waals surface area (Å²) in [5.74, 6) is -2.04. The number of nitrogens with one attached hydrogen (secondary N) is 2. The lowest BCUT2D eigenvalue weighted by molar-refractivity contribution is -0.152. The maximum Gasteiger partial charge on any atom is 0.306 e. The second kappa shape index (κ2) is 19.0. The number of likely N-dealkylation sites (tertiary alicyclic amines) is 3. The minimum atomic E-state index is -0.660. The number of methoxy groups -OCH3 is 2. The van der Waals surface area contributed by atoms with Crippen LogP contribution in [-0.4, -0.2) is 106 Å². The molecule has 2 aromatic carbocycles. The van der Waals surface area contributed by atoms with E-state index >= 15 is 0 Å². The molecule has 0 unspecified atom stereocenters. The van der Waals surface area contributed by atoms with Gasteiger partial charge < -0.3 is 34.5 Å². The number of H-pyrrole nitrogens is 1. The average molecular weight is 811 g/mol. The number of rotatable bonds is 14. The number of anilines is 1. The van der Waals surface area contributed by atoms with Crippen molar-refractivity contribution in [2.24, 2.45) is 23.7 Å². The molecule has 1 aromatic heterocycles. The normalized spacial score (nSPS) is 20.2. The van der Waals surface area contributed by atoms with Crippen LogP contribution in [0.25, 0.3) is 22.4 Å². The van der Waals surface area contributed by atoms with E-state index in [2.05, 4.69) is 15.3 Å². The van der Waals surface area contributed by atoms with Crippen LogP contribution in [0.5, 0.6) is 0 Å². The number of amides is 4. The van der Waals surface area contributed by atoms with Crippen molar-refractivity contribution >= 4 is 41.3 Å². The van der Waals surface area contributed by atoms with Crippen LogP contribution in [0.1, 0.15) is 90.9 Å². The Morgan fingerprint density at radius 1 is 0.678 bits per heavy atom. The second-order valence-electron chi connectivity index (χ2n) is 16.7. The van der Waals surface area contributed by atoms with Crippen molar-refractivity contribution in [3.05, 3.63) is 60.6 Å². The minimum Gasteiger partial charge on any atom is -0.469 e. The lowest BCUT2D eigenvalue weighted by Crippen LogP contribution is -2.53. The Bertz CT molecular complexity index is 1990. The predicted octanol–water partition coefficient (Wildman–Crippen LogP) is 6.00. The summed E-state index contributed by atoms with van der Waals surface area (Å²) in [5.41, 5.74) is 4.34. The summed E-state index contributed by atoms with van der Waals surface area (Å²) in [5, 5.41) is 3.00. The first-order valence-corrected chi connectivity index (χ1v) is 20.9. The predicted molar refractivity (Wildman–Crippen MR) is 221 cm³/mol. The van der Waals surface area contributed by atoms with E-state index in [0.29, 0.717) is 51.0 Å². The molecule has 6 rings (SSSR count). The van der Waals surface area contributed by atoms with Crippen molar-refractivity contribution in [1.82, 2.24) is 24.7 Å². The summed E-state index contributed by atoms with van der Waals surface area (Å²) in [6.45, 7) is 9.16. The van der Waals surface area contributed by atoms with Gasteiger partial charge in [0.1, 0.15) is 17.9 Å². The van der Waals surface area contributed by atoms with Crippen molar-refractivity contribution in [3.8, 4) is 22.4 Å². The van der Waals surface area contributed by atoms with E-state index in [4.69, 9.17) is 9.47 Å². The number of hydrogen-bond acceptors (Lipinski definition) is 9. The fourth-order valence-corrected chi connectivity index (χ4v) is 8.73. The molecule has 2 N–H and O–H groups in total. The van der Waals surface area contributed by atoms with E-state index in [1.54, 1.807) is 16.0 Å². The van der Waals surface area contributed by atoms with Crippen LogP contribution in [0.15, 0.2) is 54.7 Å². The summed E-state index contributed by atoms with van der Waals surface area (Å²) in [6.07, 6.45) is 5.86. The van der Waals surface area contributed by atoms with E-state index in [0.717, 1.165) is 41.1 Å². The van der Waals surface area contributed by atoms with Crippen LogP contribution in [0.2, 0.25) is 0 Å². The van der Waals surface area contributed by atoms with Crippen LogP contribution < -0.4 is 5.32 Å². The monoisotopic (exact) mass is 810 g/mol. The lowest BCUT2D eigenvalue weighted by Gasteiger charge is -2.33. The van der Waals surface area contributed by atoms with Gasteiger partial charge in [0.15, 0.2) is 0 Å². The number of nitrogens with zero attached hydrogens (tertiary/aromatic N) is 4. The zero-order valence-electron chi connectivity index (χ0n) is 35.1. The van der Waals surface area contributed by atoms with Gasteiger partial charge in [-0.1, -0.05) is 64.1 Å². The third-order valence-corrected chi connectivity index (χ3v) is 12.3. The molecule has 14 heteroatoms. The molecule has 3 fully saturated rings. The molecule has 316 valence electrons. The van der Waals surface area contributed by atoms with E-state index < -0.39 is 29.9 Å². The topological polar surface area (TPSA) is 171 Å². The van der Waals surface area contributed by atoms with Gasteiger partial charge in [-0.25, -0.2) is 4.98 Å². The summed E-state index contributed by atoms with van der Waals surface area (Å²) >= 11 is 0. The molecule has 0 bridgehead atoms. The molecule has 0 radical (unpaired) electrons. The molecule has 3 aromatic rings. The molecule has 14 nitrogen and oxygen atoms in total. The summed E-state index contributed by atoms with van der Waals surface area (Å²) < 4.78 is 9.69. The van der Waals surface area contributed by atoms with E-state index in [-0.39, 0.29) is 60.3 Å². The van der Waals surface area contributed by atoms with Gasteiger partial charge in [0.2, 0.25) is 23.6 Å². The first-order chi connectivity index (χ1) is 28.3. The highest BCUT2D eigenvalue weighted by Crippen LogP contribution is 2.35. The van der Waals surface area contributed by atoms with Crippen molar-refractivity contribution < 1.29 is 38.2 Å². The maximum atomic E-state index is 13.9. The van der Waals surface area contributed by atoms with Crippen LogP contribution in [-0.2, 0) is 38.2 Å². The van der Waals surface area contributed by atoms with Gasteiger partial charge in [0, 0.05) is 25.3 Å². The van der Waals surface area contributed by atoms with Crippen LogP contribution in [0, 0.1) is 23.7 Å². The van der Waals surface area contributed by atoms with Crippen molar-refractivity contribution in [1.29, 1.82) is 0 Å². The van der Waals surface area contributed by atoms with E-state index in [1.807, 2.05) is 81.1 Å². The number of ether oxygens (including phenoxy) is 2. The van der Waals surface area contributed by atoms with Crippen LogP contribution in [0.4, 0.5) is 5.69 Å². The molecular formula is C45H58N6O8. The molecule has 4 heterocycles. The fraction of sp³-hybridized carbons (Fsp3) is 0.533. The summed E-state index contributed by atoms with van der Waals surface area (Å²) in [7, 11) is 2.64. The highest BCUT2D eigenvalue weighted by Gasteiger charge is 2.44. The van der Waals surface area contributed by atoms with Gasteiger partial charge in [0.05, 0.1) is 56.8 Å². The van der Waals surface area contributed by atoms with Gasteiger partial charge in [-0.2, -0.15) is 0 Å². The average Bonchev–Trinajstić information content (AvgIpc) is 4.08. The van der Waals surface area contributed by atoms with Crippen molar-refractivity contribution in [2.45, 2.75) is 97.2 Å². The van der Waals surface area contributed by atoms with Gasteiger partial charge in [-0.3, -0.25) is 28.8 Å². The third-order valence-electron chi connectivity index (χ3n) is 12.3. The zero-order chi connectivity index (χ0) is 42.4. The highest BCUT2D eigenvalue weighted by molar-refractivity contribution is 5.99. The lowest BCUT2D eigenvalue weighted by atomic mass is 9.90. The molecule has 3 aliphatic rings. The van der Waals surface area contributed by atoms with Gasteiger partial charge in [0.25, 0.3) is 0 Å². The molecule has 5 atom stereocenters. The first-order valence-electron chi connectivity index (χ1n) is 20.9. The third kappa shape index (κ3) is 9.69. The Morgan fingerprint density at radius 2 is 1.17 bits per heavy atom. The van der Waals surface area contributed by atoms with Crippen molar-refractivity contribution in [3.63, 3.8) is 0 Å². The Balaban J connectivity index is 1.06. The van der Waals surface area contributed by atoms with Gasteiger partial charge >= 0.3 is 11.9 Å². The summed E-state index contributed by atoms with van der Waals surface area (Å²) in [4.78, 5) is 92.0. The van der Waals surface area contributed by atoms with Crippen LogP contribution >= 0.6 is 0 Å². The number of esters is 2. The smallest absolute Gasteiger partial charge is 0.306 e. The molecule has 0 aliphatic carbocycles. The second-order valence-corrected chi connectivity index (χ2v) is 16.7. The Morgan fingerprint density at radius 3 is 1.75 bits per heavy atom. The molecule has 0 spiro atoms. The number of aromatic nitrogens is 2. The van der Waals surface area contributed by atoms with Gasteiger partial charge in [-0.15, -0.1) is 0 Å². The van der Waals surface area contributed by atoms with Crippen LogP contribution in [0.3, 0.4) is 0 Å². The Labute approximate surface area is 346 Å². The van der Waals surface area contributed by atoms with E-state index in [9.17, 15) is 28.8 Å². The summed E-state index contributed by atoms with van der Waals surface area (Å²) in [6, 6.07) is 14.1. The number of hydrogen-bond donors (Lipinski definition) is 2. The molecule has 0 saturated carbocycles. The molecular weight excluding hydrogens is 753 g/mol. The standard InChI is InChI=1S/C45H58N6O8/c1-27(2)33(24-39(52)58-5)43(55)49-21-7-10-36(49)41-46-26-35(48-41)31-15-13-29(14-16-31)30-17-19-32(20-18-30)47-42(54)37-11-8-22-50(37)45(57)38-12-9-23-51(38)44(56)34(28(3)4)25-40(53)59-6/h13-20,26-28,33-34,36-38H,7-12,21-25H2,1-6H3,(H,46,48)(H,47,54)/t33-,34-,36-,37-,38-/m0/s1. The molecule has 3 aliphatic heterocycles. The quantitative estimate of drug-likeness (QED) is 0.186. The molecule has 4 amide bonds. The zero-order valence-corrected chi connectivity index (χ0v) is 35.1. The number of imidazole rings is 1. The van der Waals surface area contributed by atoms with Gasteiger partial charge in [-0.05, 0) is 79.2 Å². The number of benzene rings is 2. The number of aromatic amines is 1. The SMILES string of the molecule is COC(=O)C[C@H](C(=O)N1CCC[C@H]1C(=O)N1CCC[C@H]1C(=O)Nc1ccc(-c2ccc(-c3cnc([C@@H]4CCCN4C(=O)[C@@H](CC(=O)OC)C(C)C)[nH]3)cc2)cc1)C(C)C. The van der Waals surface area contributed by atoms with Crippen molar-refractivity contribution in [2.75, 3.05) is 39.2 Å². The maximum absolute atomic E-state index is 13.9. The number of carbonyl (C=O) groups is 6. The Kier molecular flexibility index (Phi) is 13.9. The largest absolute Gasteiger partial charge is 0.469 e. The van der Waals surface area contributed by atoms with E-state index in [1.165, 1.54) is 14.2 Å². The molecule has 3 saturated heterocycles. The molecule has 59 heavy (non-hydrogen) atoms. The fourth-order valence-electron chi connectivity index (χ4n) is 8.73. The Hall–Kier alpha value is -5.53. The minimum absolute atomic E-state index is 0.0107. The highest BCUT2D eigenvalue weighted by atomic mass is 16.5. The first kappa shape index (κ1) is 43.1. The number of carbonyl (C=O) groups excluding carboxylic acids is 6.